The highest BCUT2D eigenvalue weighted by atomic mass is 16.5. The van der Waals surface area contributed by atoms with Gasteiger partial charge in [0.05, 0.1) is 12.1 Å². The molecule has 6 nitrogen and oxygen atoms in total. The summed E-state index contributed by atoms with van der Waals surface area (Å²) in [5.74, 6) is 1.39. The Labute approximate surface area is 123 Å². The van der Waals surface area contributed by atoms with Crippen LogP contribution >= 0.6 is 0 Å². The van der Waals surface area contributed by atoms with Crippen LogP contribution in [0, 0.1) is 11.3 Å². The Morgan fingerprint density at radius 2 is 2.29 bits per heavy atom. The molecular weight excluding hydrogens is 268 g/mol. The van der Waals surface area contributed by atoms with Crippen LogP contribution in [0.3, 0.4) is 0 Å². The van der Waals surface area contributed by atoms with Crippen LogP contribution in [0.1, 0.15) is 11.4 Å². The van der Waals surface area contributed by atoms with Crippen LogP contribution in [0.25, 0.3) is 0 Å². The van der Waals surface area contributed by atoms with Gasteiger partial charge in [0.15, 0.2) is 0 Å². The molecule has 1 atom stereocenters. The number of aliphatic hydroxyl groups excluding tert-OH is 1. The number of para-hydroxylation sites is 1. The van der Waals surface area contributed by atoms with Crippen molar-refractivity contribution >= 4 is 0 Å². The molecule has 2 N–H and O–H groups in total. The third-order valence-electron chi connectivity index (χ3n) is 3.02. The first kappa shape index (κ1) is 15.0. The lowest BCUT2D eigenvalue weighted by Gasteiger charge is -2.13. The molecule has 1 aromatic heterocycles. The molecule has 1 aromatic carbocycles. The van der Waals surface area contributed by atoms with E-state index in [1.54, 1.807) is 30.5 Å². The molecule has 1 unspecified atom stereocenters. The standard InChI is InChI=1S/C15H18N4O2/c1-19-7-6-18-15(19)10-17-9-13(20)11-21-14-5-3-2-4-12(14)8-16/h2-7,13,17,20H,9-11H2,1H3. The molecule has 0 radical (unpaired) electrons. The van der Waals surface area contributed by atoms with E-state index in [0.717, 1.165) is 5.82 Å². The minimum atomic E-state index is -0.656. The van der Waals surface area contributed by atoms with Gasteiger partial charge in [0.25, 0.3) is 0 Å². The van der Waals surface area contributed by atoms with Gasteiger partial charge in [-0.1, -0.05) is 12.1 Å². The lowest BCUT2D eigenvalue weighted by atomic mass is 10.2. The van der Waals surface area contributed by atoms with Gasteiger partial charge in [-0.3, -0.25) is 0 Å². The van der Waals surface area contributed by atoms with Crippen molar-refractivity contribution in [3.05, 3.63) is 48.0 Å². The number of nitrogens with zero attached hydrogens (tertiary/aromatic N) is 3. The van der Waals surface area contributed by atoms with E-state index < -0.39 is 6.10 Å². The summed E-state index contributed by atoms with van der Waals surface area (Å²) in [6, 6.07) is 9.02. The Bertz CT molecular complexity index is 618. The lowest BCUT2D eigenvalue weighted by molar-refractivity contribution is 0.106. The van der Waals surface area contributed by atoms with Crippen molar-refractivity contribution in [2.45, 2.75) is 12.6 Å². The average molecular weight is 286 g/mol. The van der Waals surface area contributed by atoms with Crippen LogP contribution in [0.5, 0.6) is 5.75 Å². The predicted octanol–water partition coefficient (Wildman–Crippen LogP) is 0.821. The quantitative estimate of drug-likeness (QED) is 0.787. The number of nitriles is 1. The molecule has 0 fully saturated rings. The Morgan fingerprint density at radius 1 is 1.48 bits per heavy atom. The van der Waals surface area contributed by atoms with Crippen LogP contribution in [-0.4, -0.2) is 33.9 Å². The van der Waals surface area contributed by atoms with E-state index in [-0.39, 0.29) is 6.61 Å². The number of nitrogens with one attached hydrogen (secondary N) is 1. The van der Waals surface area contributed by atoms with Gasteiger partial charge in [0.1, 0.15) is 30.4 Å². The van der Waals surface area contributed by atoms with E-state index in [0.29, 0.717) is 24.4 Å². The first-order valence-electron chi connectivity index (χ1n) is 6.67. The van der Waals surface area contributed by atoms with Gasteiger partial charge >= 0.3 is 0 Å². The molecule has 0 aliphatic heterocycles. The van der Waals surface area contributed by atoms with Gasteiger partial charge in [-0.2, -0.15) is 5.26 Å². The molecule has 0 aliphatic rings. The number of ether oxygens (including phenoxy) is 1. The van der Waals surface area contributed by atoms with Gasteiger partial charge in [-0.25, -0.2) is 4.98 Å². The molecule has 2 rings (SSSR count). The Kier molecular flexibility index (Phi) is 5.32. The summed E-state index contributed by atoms with van der Waals surface area (Å²) in [4.78, 5) is 4.18. The third kappa shape index (κ3) is 4.31. The van der Waals surface area contributed by atoms with Crippen molar-refractivity contribution in [3.63, 3.8) is 0 Å². The largest absolute Gasteiger partial charge is 0.489 e. The van der Waals surface area contributed by atoms with Crippen molar-refractivity contribution in [2.75, 3.05) is 13.2 Å². The van der Waals surface area contributed by atoms with Crippen molar-refractivity contribution < 1.29 is 9.84 Å². The Morgan fingerprint density at radius 3 is 3.00 bits per heavy atom. The minimum absolute atomic E-state index is 0.131. The second kappa shape index (κ2) is 7.43. The molecule has 6 heteroatoms. The van der Waals surface area contributed by atoms with Gasteiger partial charge < -0.3 is 19.7 Å². The molecule has 0 amide bonds. The Hall–Kier alpha value is -2.36. The van der Waals surface area contributed by atoms with E-state index in [4.69, 9.17) is 10.00 Å². The molecule has 2 aromatic rings. The first-order chi connectivity index (χ1) is 10.2. The summed E-state index contributed by atoms with van der Waals surface area (Å²) < 4.78 is 7.38. The van der Waals surface area contributed by atoms with E-state index in [2.05, 4.69) is 16.4 Å². The first-order valence-corrected chi connectivity index (χ1v) is 6.67. The number of hydrogen-bond acceptors (Lipinski definition) is 5. The molecule has 1 heterocycles. The molecule has 0 spiro atoms. The van der Waals surface area contributed by atoms with Crippen molar-refractivity contribution in [3.8, 4) is 11.8 Å². The fourth-order valence-electron chi connectivity index (χ4n) is 1.85. The van der Waals surface area contributed by atoms with E-state index >= 15 is 0 Å². The molecule has 0 bridgehead atoms. The Balaban J connectivity index is 1.74. The number of aryl methyl sites for hydroxylation is 1. The van der Waals surface area contributed by atoms with Gasteiger partial charge in [-0.05, 0) is 12.1 Å². The second-order valence-electron chi connectivity index (χ2n) is 4.66. The number of aromatic nitrogens is 2. The SMILES string of the molecule is Cn1ccnc1CNCC(O)COc1ccccc1C#N. The molecule has 21 heavy (non-hydrogen) atoms. The third-order valence-corrected chi connectivity index (χ3v) is 3.02. The molecule has 0 saturated carbocycles. The van der Waals surface area contributed by atoms with Crippen molar-refractivity contribution in [2.24, 2.45) is 7.05 Å². The summed E-state index contributed by atoms with van der Waals surface area (Å²) in [5.41, 5.74) is 0.464. The summed E-state index contributed by atoms with van der Waals surface area (Å²) >= 11 is 0. The van der Waals surface area contributed by atoms with Crippen LogP contribution in [0.2, 0.25) is 0 Å². The van der Waals surface area contributed by atoms with Gasteiger partial charge in [0, 0.05) is 26.0 Å². The number of hydrogen-bond donors (Lipinski definition) is 2. The minimum Gasteiger partial charge on any atom is -0.489 e. The zero-order chi connectivity index (χ0) is 15.1. The summed E-state index contributed by atoms with van der Waals surface area (Å²) in [7, 11) is 1.92. The summed E-state index contributed by atoms with van der Waals surface area (Å²) in [5, 5.41) is 21.9. The second-order valence-corrected chi connectivity index (χ2v) is 4.66. The molecule has 110 valence electrons. The smallest absolute Gasteiger partial charge is 0.137 e. The van der Waals surface area contributed by atoms with Crippen molar-refractivity contribution in [1.29, 1.82) is 5.26 Å². The average Bonchev–Trinajstić information content (AvgIpc) is 2.91. The number of benzene rings is 1. The van der Waals surface area contributed by atoms with Crippen LogP contribution < -0.4 is 10.1 Å². The van der Waals surface area contributed by atoms with Gasteiger partial charge in [0.2, 0.25) is 0 Å². The predicted molar refractivity (Wildman–Crippen MR) is 77.6 cm³/mol. The van der Waals surface area contributed by atoms with Crippen molar-refractivity contribution in [1.82, 2.24) is 14.9 Å². The summed E-state index contributed by atoms with van der Waals surface area (Å²) in [6.07, 6.45) is 2.95. The zero-order valence-corrected chi connectivity index (χ0v) is 11.9. The van der Waals surface area contributed by atoms with E-state index in [9.17, 15) is 5.11 Å². The fourth-order valence-corrected chi connectivity index (χ4v) is 1.85. The van der Waals surface area contributed by atoms with Gasteiger partial charge in [-0.15, -0.1) is 0 Å². The molecule has 0 saturated heterocycles. The van der Waals surface area contributed by atoms with Crippen LogP contribution in [0.15, 0.2) is 36.7 Å². The van der Waals surface area contributed by atoms with Crippen LogP contribution in [-0.2, 0) is 13.6 Å². The van der Waals surface area contributed by atoms with Crippen LogP contribution in [0.4, 0.5) is 0 Å². The molecular formula is C15H18N4O2. The van der Waals surface area contributed by atoms with E-state index in [1.165, 1.54) is 0 Å². The fraction of sp³-hybridized carbons (Fsp3) is 0.333. The number of rotatable bonds is 7. The molecule has 0 aliphatic carbocycles. The number of aliphatic hydroxyl groups is 1. The number of imidazole rings is 1. The van der Waals surface area contributed by atoms with E-state index in [1.807, 2.05) is 17.8 Å². The highest BCUT2D eigenvalue weighted by Crippen LogP contribution is 2.16. The zero-order valence-electron chi connectivity index (χ0n) is 11.9. The normalized spacial score (nSPS) is 11.9. The topological polar surface area (TPSA) is 83.1 Å². The maximum atomic E-state index is 9.87. The highest BCUT2D eigenvalue weighted by Gasteiger charge is 2.08. The maximum absolute atomic E-state index is 9.87. The lowest BCUT2D eigenvalue weighted by Crippen LogP contribution is -2.31. The monoisotopic (exact) mass is 286 g/mol. The summed E-state index contributed by atoms with van der Waals surface area (Å²) in [6.45, 7) is 1.10. The highest BCUT2D eigenvalue weighted by molar-refractivity contribution is 5.42. The maximum Gasteiger partial charge on any atom is 0.137 e.